The standard InChI is InChI=1S/C16H20N4O2S/c21-15(14-11-3-1-2-4-12(11)22-20-14)19-16-18-9-13(23-16)10-5-7-17-8-6-10/h9-10,17H,1-8H2,(H,18,19,21). The fourth-order valence-corrected chi connectivity index (χ4v) is 4.34. The Labute approximate surface area is 138 Å². The highest BCUT2D eigenvalue weighted by Crippen LogP contribution is 2.32. The van der Waals surface area contributed by atoms with Crippen molar-refractivity contribution in [2.45, 2.75) is 44.4 Å². The van der Waals surface area contributed by atoms with Crippen LogP contribution in [0.2, 0.25) is 0 Å². The molecular formula is C16H20N4O2S. The van der Waals surface area contributed by atoms with Crippen LogP contribution in [0.5, 0.6) is 0 Å². The molecule has 0 aromatic carbocycles. The third-order valence-corrected chi connectivity index (χ3v) is 5.73. The molecule has 0 unspecified atom stereocenters. The first-order valence-corrected chi connectivity index (χ1v) is 9.08. The van der Waals surface area contributed by atoms with Crippen molar-refractivity contribution < 1.29 is 9.32 Å². The summed E-state index contributed by atoms with van der Waals surface area (Å²) < 4.78 is 5.31. The molecule has 6 nitrogen and oxygen atoms in total. The largest absolute Gasteiger partial charge is 0.360 e. The second kappa shape index (κ2) is 6.41. The quantitative estimate of drug-likeness (QED) is 0.903. The number of carbonyl (C=O) groups is 1. The summed E-state index contributed by atoms with van der Waals surface area (Å²) in [4.78, 5) is 18.1. The van der Waals surface area contributed by atoms with Crippen molar-refractivity contribution >= 4 is 22.4 Å². The normalized spacial score (nSPS) is 18.6. The van der Waals surface area contributed by atoms with Gasteiger partial charge in [-0.2, -0.15) is 0 Å². The van der Waals surface area contributed by atoms with Crippen LogP contribution in [0.15, 0.2) is 10.7 Å². The molecular weight excluding hydrogens is 312 g/mol. The summed E-state index contributed by atoms with van der Waals surface area (Å²) in [6, 6.07) is 0. The molecule has 2 aromatic heterocycles. The number of nitrogens with zero attached hydrogens (tertiary/aromatic N) is 2. The van der Waals surface area contributed by atoms with Gasteiger partial charge in [-0.25, -0.2) is 4.98 Å². The van der Waals surface area contributed by atoms with Gasteiger partial charge in [0.25, 0.3) is 5.91 Å². The monoisotopic (exact) mass is 332 g/mol. The molecule has 2 N–H and O–H groups in total. The van der Waals surface area contributed by atoms with Crippen molar-refractivity contribution in [1.29, 1.82) is 0 Å². The summed E-state index contributed by atoms with van der Waals surface area (Å²) in [7, 11) is 0. The van der Waals surface area contributed by atoms with Crippen LogP contribution in [0.25, 0.3) is 0 Å². The molecule has 7 heteroatoms. The number of hydrogen-bond donors (Lipinski definition) is 2. The van der Waals surface area contributed by atoms with Crippen LogP contribution in [0, 0.1) is 0 Å². The Morgan fingerprint density at radius 2 is 2.13 bits per heavy atom. The van der Waals surface area contributed by atoms with Gasteiger partial charge in [0.05, 0.1) is 0 Å². The van der Waals surface area contributed by atoms with Gasteiger partial charge in [0, 0.05) is 23.1 Å². The minimum Gasteiger partial charge on any atom is -0.360 e. The number of anilines is 1. The maximum absolute atomic E-state index is 12.5. The van der Waals surface area contributed by atoms with Gasteiger partial charge in [-0.15, -0.1) is 11.3 Å². The van der Waals surface area contributed by atoms with E-state index >= 15 is 0 Å². The van der Waals surface area contributed by atoms with Gasteiger partial charge in [0.1, 0.15) is 5.76 Å². The van der Waals surface area contributed by atoms with E-state index < -0.39 is 0 Å². The molecule has 1 aliphatic heterocycles. The summed E-state index contributed by atoms with van der Waals surface area (Å²) >= 11 is 1.57. The van der Waals surface area contributed by atoms with E-state index in [-0.39, 0.29) is 5.91 Å². The number of rotatable bonds is 3. The second-order valence-corrected chi connectivity index (χ2v) is 7.25. The van der Waals surface area contributed by atoms with Crippen molar-refractivity contribution in [2.24, 2.45) is 0 Å². The Morgan fingerprint density at radius 3 is 3.00 bits per heavy atom. The van der Waals surface area contributed by atoms with Gasteiger partial charge >= 0.3 is 0 Å². The van der Waals surface area contributed by atoms with Crippen LogP contribution >= 0.6 is 11.3 Å². The van der Waals surface area contributed by atoms with Crippen LogP contribution < -0.4 is 10.6 Å². The smallest absolute Gasteiger partial charge is 0.279 e. The molecule has 1 aliphatic carbocycles. The highest BCUT2D eigenvalue weighted by atomic mass is 32.1. The lowest BCUT2D eigenvalue weighted by atomic mass is 9.96. The number of nitrogens with one attached hydrogen (secondary N) is 2. The number of piperidine rings is 1. The van der Waals surface area contributed by atoms with E-state index in [1.54, 1.807) is 11.3 Å². The minimum absolute atomic E-state index is 0.205. The van der Waals surface area contributed by atoms with Crippen molar-refractivity contribution in [1.82, 2.24) is 15.5 Å². The lowest BCUT2D eigenvalue weighted by molar-refractivity contribution is 0.101. The van der Waals surface area contributed by atoms with Gasteiger partial charge in [-0.3, -0.25) is 10.1 Å². The molecule has 2 aromatic rings. The Hall–Kier alpha value is -1.73. The number of thiazole rings is 1. The van der Waals surface area contributed by atoms with Crippen LogP contribution in [-0.4, -0.2) is 29.1 Å². The third-order valence-electron chi connectivity index (χ3n) is 4.65. The van der Waals surface area contributed by atoms with E-state index in [0.29, 0.717) is 16.7 Å². The Bertz CT molecular complexity index is 703. The second-order valence-electron chi connectivity index (χ2n) is 6.19. The average molecular weight is 332 g/mol. The van der Waals surface area contributed by atoms with Gasteiger partial charge in [-0.05, 0) is 51.1 Å². The Morgan fingerprint density at radius 1 is 1.30 bits per heavy atom. The zero-order valence-electron chi connectivity index (χ0n) is 12.9. The first kappa shape index (κ1) is 14.8. The summed E-state index contributed by atoms with van der Waals surface area (Å²) in [6.45, 7) is 2.10. The van der Waals surface area contributed by atoms with Crippen LogP contribution in [0.3, 0.4) is 0 Å². The summed E-state index contributed by atoms with van der Waals surface area (Å²) in [5.41, 5.74) is 1.40. The maximum atomic E-state index is 12.5. The van der Waals surface area contributed by atoms with Crippen LogP contribution in [0.1, 0.15) is 58.3 Å². The summed E-state index contributed by atoms with van der Waals surface area (Å²) in [6.07, 6.45) is 8.11. The number of carbonyl (C=O) groups excluding carboxylic acids is 1. The van der Waals surface area contributed by atoms with Gasteiger partial charge < -0.3 is 9.84 Å². The fraction of sp³-hybridized carbons (Fsp3) is 0.562. The number of aryl methyl sites for hydroxylation is 1. The molecule has 4 rings (SSSR count). The van der Waals surface area contributed by atoms with E-state index in [9.17, 15) is 4.79 Å². The molecule has 1 saturated heterocycles. The molecule has 0 bridgehead atoms. The lowest BCUT2D eigenvalue weighted by Crippen LogP contribution is -2.26. The van der Waals surface area contributed by atoms with Crippen molar-refractivity contribution in [2.75, 3.05) is 18.4 Å². The molecule has 122 valence electrons. The average Bonchev–Trinajstić information content (AvgIpc) is 3.22. The van der Waals surface area contributed by atoms with E-state index in [1.807, 2.05) is 6.20 Å². The van der Waals surface area contributed by atoms with Crippen molar-refractivity contribution in [3.63, 3.8) is 0 Å². The van der Waals surface area contributed by atoms with Gasteiger partial charge in [0.15, 0.2) is 10.8 Å². The molecule has 3 heterocycles. The molecule has 23 heavy (non-hydrogen) atoms. The summed E-state index contributed by atoms with van der Waals surface area (Å²) in [5.74, 6) is 1.22. The van der Waals surface area contributed by atoms with Crippen LogP contribution in [0.4, 0.5) is 5.13 Å². The minimum atomic E-state index is -0.205. The molecule has 1 amide bonds. The molecule has 2 aliphatic rings. The predicted octanol–water partition coefficient (Wildman–Crippen LogP) is 2.73. The zero-order chi connectivity index (χ0) is 15.6. The number of fused-ring (bicyclic) bond motifs is 1. The first-order valence-electron chi connectivity index (χ1n) is 8.26. The predicted molar refractivity (Wildman–Crippen MR) is 88.1 cm³/mol. The first-order chi connectivity index (χ1) is 11.3. The van der Waals surface area contributed by atoms with Crippen molar-refractivity contribution in [3.8, 4) is 0 Å². The van der Waals surface area contributed by atoms with E-state index in [0.717, 1.165) is 62.9 Å². The number of hydrogen-bond acceptors (Lipinski definition) is 6. The fourth-order valence-electron chi connectivity index (χ4n) is 3.36. The van der Waals surface area contributed by atoms with Crippen LogP contribution in [-0.2, 0) is 12.8 Å². The molecule has 0 saturated carbocycles. The van der Waals surface area contributed by atoms with E-state index in [4.69, 9.17) is 4.52 Å². The highest BCUT2D eigenvalue weighted by molar-refractivity contribution is 7.15. The summed E-state index contributed by atoms with van der Waals surface area (Å²) in [5, 5.41) is 10.9. The molecule has 1 fully saturated rings. The van der Waals surface area contributed by atoms with Crippen molar-refractivity contribution in [3.05, 3.63) is 28.1 Å². The zero-order valence-corrected chi connectivity index (χ0v) is 13.7. The molecule has 0 atom stereocenters. The van der Waals surface area contributed by atoms with Gasteiger partial charge in [-0.1, -0.05) is 5.16 Å². The van der Waals surface area contributed by atoms with E-state index in [2.05, 4.69) is 20.8 Å². The van der Waals surface area contributed by atoms with E-state index in [1.165, 1.54) is 4.88 Å². The molecule has 0 radical (unpaired) electrons. The topological polar surface area (TPSA) is 80.0 Å². The SMILES string of the molecule is O=C(Nc1ncc(C2CCNCC2)s1)c1noc2c1CCCC2. The third kappa shape index (κ3) is 3.03. The highest BCUT2D eigenvalue weighted by Gasteiger charge is 2.25. The Kier molecular flexibility index (Phi) is 4.13. The number of aromatic nitrogens is 2. The maximum Gasteiger partial charge on any atom is 0.279 e. The van der Waals surface area contributed by atoms with Gasteiger partial charge in [0.2, 0.25) is 0 Å². The molecule has 0 spiro atoms. The lowest BCUT2D eigenvalue weighted by Gasteiger charge is -2.20. The number of amides is 1. The Balaban J connectivity index is 1.46.